The van der Waals surface area contributed by atoms with Crippen LogP contribution < -0.4 is 42.0 Å². The van der Waals surface area contributed by atoms with Crippen molar-refractivity contribution in [3.05, 3.63) is 226 Å². The van der Waals surface area contributed by atoms with Crippen molar-refractivity contribution in [1.29, 1.82) is 0 Å². The lowest BCUT2D eigenvalue weighted by atomic mass is 9.77. The van der Waals surface area contributed by atoms with Crippen molar-refractivity contribution in [1.82, 2.24) is 26.6 Å². The van der Waals surface area contributed by atoms with E-state index >= 15 is 0 Å². The number of carbonyl (C=O) groups is 9. The summed E-state index contributed by atoms with van der Waals surface area (Å²) in [5, 5.41) is 19.2. The van der Waals surface area contributed by atoms with Crippen molar-refractivity contribution in [3.63, 3.8) is 0 Å². The standard InChI is InChI=1S/C75H79N9O17/c1-73(2,3)99-62(85)41-52(31-21-39-76-66(81-68(89)94-44-48-23-11-7-12-24-48)82-69(90)95-45-49-25-13-8-14-26-49)63(86)78-53-35-37-57-60(42-53)98-61-43-54(36-38-58(61)75(57)56-33-20-19-32-55(56)65(88)100-75)79-64(87)59(80-72(93)101-74(4,5)6)34-22-40-77-67(83-70(91)96-46-50-27-15-9-16-28-50)84-71(92)97-47-51-29-17-10-18-30-51/h7-20,23-30,32-33,35-38,42-43,52,59H,21-22,31,34,39-41,44-47H2,1-6H3,(H,78,86)(H,79,87)(H,80,93)(H2,76,81,82,89,90)(H2,77,83,84,91,92)/t52-,59+,75?/m1/s1. The van der Waals surface area contributed by atoms with Gasteiger partial charge in [0.15, 0.2) is 5.60 Å². The number of aliphatic imine (C=N–C) groups is 2. The third kappa shape index (κ3) is 22.0. The van der Waals surface area contributed by atoms with Gasteiger partial charge in [0.05, 0.1) is 12.0 Å². The molecule has 1 spiro atoms. The number of rotatable bonds is 23. The summed E-state index contributed by atoms with van der Waals surface area (Å²) < 4.78 is 45.7. The summed E-state index contributed by atoms with van der Waals surface area (Å²) in [5.74, 6) is -3.88. The number of nitrogens with zero attached hydrogens (tertiary/aromatic N) is 2. The smallest absolute Gasteiger partial charge is 0.437 e. The lowest BCUT2D eigenvalue weighted by molar-refractivity contribution is -0.157. The predicted octanol–water partition coefficient (Wildman–Crippen LogP) is 12.4. The van der Waals surface area contributed by atoms with Gasteiger partial charge in [-0.15, -0.1) is 9.98 Å². The van der Waals surface area contributed by atoms with Gasteiger partial charge in [0.2, 0.25) is 23.7 Å². The SMILES string of the molecule is CC(C)(C)OC(=O)C[C@@H](CCCNC(=NC(=O)OCc1ccccc1)NC(=O)OCc1ccccc1)C(=O)Nc1ccc2c(c1)Oc1cc(NC(=O)[C@H](CCCNC(=NC(=O)OCc3ccccc3)NC(=O)OCc3ccccc3)NC(=O)OC(C)(C)C)ccc1C21OC(=O)c2ccccc21. The second-order valence-electron chi connectivity index (χ2n) is 25.3. The van der Waals surface area contributed by atoms with Crippen molar-refractivity contribution in [2.45, 2.75) is 123 Å². The number of hydrogen-bond acceptors (Lipinski definition) is 17. The van der Waals surface area contributed by atoms with E-state index in [1.165, 1.54) is 12.1 Å². The first-order chi connectivity index (χ1) is 48.4. The fourth-order valence-electron chi connectivity index (χ4n) is 10.6. The molecule has 7 aromatic carbocycles. The minimum Gasteiger partial charge on any atom is -0.460 e. The van der Waals surface area contributed by atoms with Gasteiger partial charge in [-0.1, -0.05) is 140 Å². The minimum atomic E-state index is -1.61. The van der Waals surface area contributed by atoms with Crippen LogP contribution in [0.3, 0.4) is 0 Å². The van der Waals surface area contributed by atoms with Crippen LogP contribution in [0, 0.1) is 5.92 Å². The fraction of sp³-hybridized carbons (Fsp3) is 0.293. The van der Waals surface area contributed by atoms with E-state index in [1.807, 2.05) is 24.3 Å². The summed E-state index contributed by atoms with van der Waals surface area (Å²) >= 11 is 0. The van der Waals surface area contributed by atoms with Crippen LogP contribution in [-0.2, 0) is 79.6 Å². The molecule has 1 unspecified atom stereocenters. The maximum atomic E-state index is 14.6. The zero-order valence-electron chi connectivity index (χ0n) is 56.6. The van der Waals surface area contributed by atoms with Gasteiger partial charge in [0, 0.05) is 59.2 Å². The molecule has 0 radical (unpaired) electrons. The number of benzene rings is 7. The molecule has 0 fully saturated rings. The molecule has 9 rings (SSSR count). The van der Waals surface area contributed by atoms with Crippen molar-refractivity contribution in [3.8, 4) is 11.5 Å². The molecule has 0 aromatic heterocycles. The van der Waals surface area contributed by atoms with E-state index in [1.54, 1.807) is 187 Å². The van der Waals surface area contributed by atoms with E-state index in [0.29, 0.717) is 38.9 Å². The summed E-state index contributed by atoms with van der Waals surface area (Å²) in [5.41, 5.74) is 1.32. The van der Waals surface area contributed by atoms with E-state index in [0.717, 1.165) is 0 Å². The highest BCUT2D eigenvalue weighted by Gasteiger charge is 2.53. The summed E-state index contributed by atoms with van der Waals surface area (Å²) in [6, 6.07) is 50.8. The molecule has 3 atom stereocenters. The number of alkyl carbamates (subject to hydrolysis) is 3. The van der Waals surface area contributed by atoms with Gasteiger partial charge in [-0.3, -0.25) is 25.0 Å². The van der Waals surface area contributed by atoms with E-state index in [9.17, 15) is 43.2 Å². The maximum Gasteiger partial charge on any atom is 0.437 e. The molecule has 0 saturated heterocycles. The Balaban J connectivity index is 0.914. The Morgan fingerprint density at radius 1 is 0.475 bits per heavy atom. The number of fused-ring (bicyclic) bond motifs is 6. The van der Waals surface area contributed by atoms with Gasteiger partial charge in [-0.2, -0.15) is 0 Å². The molecule has 7 N–H and O–H groups in total. The highest BCUT2D eigenvalue weighted by Crippen LogP contribution is 2.57. The average molecular weight is 1380 g/mol. The van der Waals surface area contributed by atoms with Gasteiger partial charge < -0.3 is 64.5 Å². The Labute approximate surface area is 583 Å². The molecule has 26 heteroatoms. The van der Waals surface area contributed by atoms with Crippen LogP contribution in [0.2, 0.25) is 0 Å². The van der Waals surface area contributed by atoms with Crippen molar-refractivity contribution >= 4 is 77.5 Å². The molecule has 2 aliphatic rings. The quantitative estimate of drug-likeness (QED) is 0.0103. The molecular formula is C75H79N9O17. The summed E-state index contributed by atoms with van der Waals surface area (Å²) in [4.78, 5) is 130. The normalized spacial score (nSPS) is 14.3. The number of ether oxygens (including phenoxy) is 8. The van der Waals surface area contributed by atoms with Gasteiger partial charge in [0.1, 0.15) is 55.2 Å². The highest BCUT2D eigenvalue weighted by molar-refractivity contribution is 6.01. The largest absolute Gasteiger partial charge is 0.460 e. The zero-order valence-corrected chi connectivity index (χ0v) is 56.6. The number of esters is 2. The second kappa shape index (κ2) is 34.4. The number of guanidine groups is 2. The van der Waals surface area contributed by atoms with E-state index in [-0.39, 0.29) is 112 Å². The summed E-state index contributed by atoms with van der Waals surface area (Å²) in [7, 11) is 0. The average Bonchev–Trinajstić information content (AvgIpc) is 1.61. The number of amides is 7. The van der Waals surface area contributed by atoms with Crippen LogP contribution in [0.25, 0.3) is 0 Å². The number of carbonyl (C=O) groups excluding carboxylic acids is 9. The molecular weight excluding hydrogens is 1300 g/mol. The van der Waals surface area contributed by atoms with E-state index in [4.69, 9.17) is 37.9 Å². The molecule has 0 bridgehead atoms. The van der Waals surface area contributed by atoms with Crippen LogP contribution in [0.1, 0.15) is 123 Å². The van der Waals surface area contributed by atoms with Crippen molar-refractivity contribution in [2.24, 2.45) is 15.9 Å². The first kappa shape index (κ1) is 73.2. The fourth-order valence-corrected chi connectivity index (χ4v) is 10.6. The van der Waals surface area contributed by atoms with Crippen molar-refractivity contribution < 1.29 is 81.0 Å². The third-order valence-electron chi connectivity index (χ3n) is 15.1. The lowest BCUT2D eigenvalue weighted by Crippen LogP contribution is -2.46. The minimum absolute atomic E-state index is 0.00920. The van der Waals surface area contributed by atoms with Crippen molar-refractivity contribution in [2.75, 3.05) is 23.7 Å². The van der Waals surface area contributed by atoms with E-state index in [2.05, 4.69) is 47.2 Å². The number of anilines is 2. The predicted molar refractivity (Wildman–Crippen MR) is 371 cm³/mol. The van der Waals surface area contributed by atoms with E-state index < -0.39 is 83.0 Å². The molecule has 7 amide bonds. The Bertz CT molecular complexity index is 3930. The molecule has 7 aromatic rings. The van der Waals surface area contributed by atoms with Gasteiger partial charge in [-0.05, 0) is 120 Å². The third-order valence-corrected chi connectivity index (χ3v) is 15.1. The molecule has 101 heavy (non-hydrogen) atoms. The summed E-state index contributed by atoms with van der Waals surface area (Å²) in [6.45, 7) is 9.75. The lowest BCUT2D eigenvalue weighted by Gasteiger charge is -2.37. The Morgan fingerprint density at radius 3 is 1.37 bits per heavy atom. The molecule has 26 nitrogen and oxygen atoms in total. The number of nitrogens with one attached hydrogen (secondary N) is 7. The second-order valence-corrected chi connectivity index (χ2v) is 25.3. The first-order valence-corrected chi connectivity index (χ1v) is 32.6. The molecule has 0 saturated carbocycles. The molecule has 0 aliphatic carbocycles. The zero-order chi connectivity index (χ0) is 71.9. The van der Waals surface area contributed by atoms with Gasteiger partial charge in [0.25, 0.3) is 0 Å². The van der Waals surface area contributed by atoms with Crippen LogP contribution in [-0.4, -0.2) is 96.5 Å². The number of hydrogen-bond donors (Lipinski definition) is 7. The Hall–Kier alpha value is -12.1. The highest BCUT2D eigenvalue weighted by atomic mass is 16.6. The molecule has 526 valence electrons. The van der Waals surface area contributed by atoms with Gasteiger partial charge in [-0.25, -0.2) is 28.8 Å². The van der Waals surface area contributed by atoms with Crippen LogP contribution in [0.4, 0.5) is 35.3 Å². The topological polar surface area (TPSA) is 336 Å². The summed E-state index contributed by atoms with van der Waals surface area (Å²) in [6.07, 6.45) is -4.78. The van der Waals surface area contributed by atoms with Crippen LogP contribution in [0.15, 0.2) is 192 Å². The first-order valence-electron chi connectivity index (χ1n) is 32.6. The molecule has 2 aliphatic heterocycles. The Kier molecular flexibility index (Phi) is 24.9. The monoisotopic (exact) mass is 1380 g/mol. The Morgan fingerprint density at radius 2 is 0.901 bits per heavy atom. The van der Waals surface area contributed by atoms with Crippen LogP contribution >= 0.6 is 0 Å². The van der Waals surface area contributed by atoms with Gasteiger partial charge >= 0.3 is 42.4 Å². The molecule has 2 heterocycles. The van der Waals surface area contributed by atoms with Crippen LogP contribution in [0.5, 0.6) is 11.5 Å². The maximum absolute atomic E-state index is 14.6.